The van der Waals surface area contributed by atoms with Crippen molar-refractivity contribution >= 4 is 17.3 Å². The number of hydrogen-bond donors (Lipinski definition) is 1. The summed E-state index contributed by atoms with van der Waals surface area (Å²) in [5, 5.41) is 3.21. The topological polar surface area (TPSA) is 24.4 Å². The van der Waals surface area contributed by atoms with Gasteiger partial charge < -0.3 is 0 Å². The predicted octanol–water partition coefficient (Wildman–Crippen LogP) is 3.55. The van der Waals surface area contributed by atoms with Gasteiger partial charge in [-0.15, -0.1) is 0 Å². The Balaban J connectivity index is 2.85. The van der Waals surface area contributed by atoms with Crippen LogP contribution in [0.25, 0.3) is 0 Å². The zero-order valence-electron chi connectivity index (χ0n) is 9.27. The maximum Gasteiger partial charge on any atom is 0.0895 e. The average Bonchev–Trinajstić information content (AvgIpc) is 2.21. The van der Waals surface area contributed by atoms with Gasteiger partial charge in [0.2, 0.25) is 0 Å². The number of rotatable bonds is 10. The van der Waals surface area contributed by atoms with Gasteiger partial charge in [-0.25, -0.2) is 0 Å². The number of aliphatic imine (C=N–C) groups is 1. The van der Waals surface area contributed by atoms with E-state index in [1.807, 2.05) is 0 Å². The molecule has 1 N–H and O–H groups in total. The Morgan fingerprint density at radius 2 is 1.71 bits per heavy atom. The van der Waals surface area contributed by atoms with Gasteiger partial charge in [-0.1, -0.05) is 57.0 Å². The second kappa shape index (κ2) is 12.9. The molecule has 0 aliphatic carbocycles. The molecular formula is C11H23ClN2. The minimum Gasteiger partial charge on any atom is -0.298 e. The minimum atomic E-state index is 0.652. The summed E-state index contributed by atoms with van der Waals surface area (Å²) in [5.41, 5.74) is 1.32. The summed E-state index contributed by atoms with van der Waals surface area (Å²) in [6, 6.07) is 0. The molecule has 0 rings (SSSR count). The van der Waals surface area contributed by atoms with Crippen LogP contribution in [0.15, 0.2) is 4.99 Å². The van der Waals surface area contributed by atoms with E-state index in [1.54, 1.807) is 0 Å². The maximum atomic E-state index is 5.28. The molecule has 0 amide bonds. The molecule has 0 saturated carbocycles. The van der Waals surface area contributed by atoms with E-state index in [0.717, 1.165) is 6.54 Å². The fraction of sp³-hybridized carbons (Fsp3) is 0.909. The van der Waals surface area contributed by atoms with Gasteiger partial charge in [0.05, 0.1) is 12.3 Å². The normalized spacial score (nSPS) is 11.3. The molecule has 0 aliphatic heterocycles. The van der Waals surface area contributed by atoms with Crippen LogP contribution in [0.4, 0.5) is 0 Å². The largest absolute Gasteiger partial charge is 0.298 e. The van der Waals surface area contributed by atoms with Gasteiger partial charge in [0.15, 0.2) is 0 Å². The van der Waals surface area contributed by atoms with Crippen molar-refractivity contribution < 1.29 is 0 Å². The molecule has 0 aromatic rings. The Labute approximate surface area is 93.1 Å². The van der Waals surface area contributed by atoms with Crippen LogP contribution in [0.2, 0.25) is 0 Å². The fourth-order valence-electron chi connectivity index (χ4n) is 1.39. The first-order valence-electron chi connectivity index (χ1n) is 5.71. The smallest absolute Gasteiger partial charge is 0.0895 e. The van der Waals surface area contributed by atoms with E-state index < -0.39 is 0 Å². The molecule has 0 saturated heterocycles. The Hall–Kier alpha value is -0.0800. The Bertz CT molecular complexity index is 126. The molecule has 0 aromatic heterocycles. The third kappa shape index (κ3) is 11.9. The van der Waals surface area contributed by atoms with Crippen molar-refractivity contribution in [1.29, 1.82) is 0 Å². The lowest BCUT2D eigenvalue weighted by atomic mass is 10.1. The monoisotopic (exact) mass is 218 g/mol. The quantitative estimate of drug-likeness (QED) is 0.440. The first kappa shape index (κ1) is 13.9. The Morgan fingerprint density at radius 3 is 2.36 bits per heavy atom. The van der Waals surface area contributed by atoms with E-state index in [4.69, 9.17) is 11.6 Å². The predicted molar refractivity (Wildman–Crippen MR) is 65.2 cm³/mol. The van der Waals surface area contributed by atoms with Gasteiger partial charge in [-0.2, -0.15) is 0 Å². The van der Waals surface area contributed by atoms with Crippen molar-refractivity contribution in [3.8, 4) is 0 Å². The van der Waals surface area contributed by atoms with Gasteiger partial charge in [0.1, 0.15) is 0 Å². The summed E-state index contributed by atoms with van der Waals surface area (Å²) >= 11 is 5.28. The van der Waals surface area contributed by atoms with Crippen molar-refractivity contribution in [2.75, 3.05) is 13.2 Å². The van der Waals surface area contributed by atoms with Crippen molar-refractivity contribution in [1.82, 2.24) is 5.32 Å². The van der Waals surface area contributed by atoms with Gasteiger partial charge in [-0.05, 0) is 13.0 Å². The molecule has 14 heavy (non-hydrogen) atoms. The highest BCUT2D eigenvalue weighted by atomic mass is 35.5. The van der Waals surface area contributed by atoms with Crippen LogP contribution >= 0.6 is 11.6 Å². The average molecular weight is 219 g/mol. The molecule has 84 valence electrons. The van der Waals surface area contributed by atoms with Crippen LogP contribution in [-0.2, 0) is 0 Å². The third-order valence-electron chi connectivity index (χ3n) is 2.23. The van der Waals surface area contributed by atoms with Crippen LogP contribution < -0.4 is 5.32 Å². The molecule has 0 fully saturated rings. The zero-order valence-corrected chi connectivity index (χ0v) is 10.0. The van der Waals surface area contributed by atoms with Crippen molar-refractivity contribution in [3.05, 3.63) is 0 Å². The molecule has 0 spiro atoms. The summed E-state index contributed by atoms with van der Waals surface area (Å²) < 4.78 is 0. The molecule has 0 heterocycles. The van der Waals surface area contributed by atoms with E-state index >= 15 is 0 Å². The molecule has 0 aliphatic rings. The molecule has 2 nitrogen and oxygen atoms in total. The zero-order chi connectivity index (χ0) is 10.5. The van der Waals surface area contributed by atoms with Crippen molar-refractivity contribution in [2.45, 2.75) is 51.9 Å². The van der Waals surface area contributed by atoms with Crippen molar-refractivity contribution in [3.63, 3.8) is 0 Å². The van der Waals surface area contributed by atoms with E-state index in [1.165, 1.54) is 50.6 Å². The standard InChI is InChI=1S/C11H23ClN2/c1-2-3-4-5-6-7-8-9-13-11-14-10-12/h10,13H,2-9,11H2,1H3/b14-10+. The van der Waals surface area contributed by atoms with Crippen LogP contribution in [0.1, 0.15) is 51.9 Å². The number of unbranched alkanes of at least 4 members (excludes halogenated alkanes) is 6. The molecule has 0 bridgehead atoms. The van der Waals surface area contributed by atoms with Crippen LogP contribution in [0.5, 0.6) is 0 Å². The highest BCUT2D eigenvalue weighted by Crippen LogP contribution is 2.05. The summed E-state index contributed by atoms with van der Waals surface area (Å²) in [6.45, 7) is 3.96. The van der Waals surface area contributed by atoms with Gasteiger partial charge in [-0.3, -0.25) is 10.3 Å². The molecule has 3 heteroatoms. The molecule has 0 aromatic carbocycles. The first-order chi connectivity index (χ1) is 6.91. The summed E-state index contributed by atoms with van der Waals surface area (Å²) in [5.74, 6) is 0. The van der Waals surface area contributed by atoms with E-state index in [0.29, 0.717) is 6.67 Å². The van der Waals surface area contributed by atoms with Crippen LogP contribution in [0.3, 0.4) is 0 Å². The minimum absolute atomic E-state index is 0.652. The number of hydrogen-bond acceptors (Lipinski definition) is 2. The Morgan fingerprint density at radius 1 is 1.07 bits per heavy atom. The Kier molecular flexibility index (Phi) is 12.8. The van der Waals surface area contributed by atoms with Crippen LogP contribution in [-0.4, -0.2) is 18.9 Å². The van der Waals surface area contributed by atoms with E-state index in [-0.39, 0.29) is 0 Å². The SMILES string of the molecule is CCCCCCCCCNC/N=C/Cl. The summed E-state index contributed by atoms with van der Waals surface area (Å²) in [6.07, 6.45) is 9.49. The molecule has 0 radical (unpaired) electrons. The number of nitrogens with zero attached hydrogens (tertiary/aromatic N) is 1. The van der Waals surface area contributed by atoms with E-state index in [2.05, 4.69) is 17.2 Å². The lowest BCUT2D eigenvalue weighted by molar-refractivity contribution is 0.567. The van der Waals surface area contributed by atoms with Crippen LogP contribution in [0, 0.1) is 0 Å². The first-order valence-corrected chi connectivity index (χ1v) is 6.14. The van der Waals surface area contributed by atoms with Gasteiger partial charge in [0, 0.05) is 0 Å². The fourth-order valence-corrected chi connectivity index (χ4v) is 1.45. The maximum absolute atomic E-state index is 5.28. The molecule has 0 unspecified atom stereocenters. The lowest BCUT2D eigenvalue weighted by Gasteiger charge is -2.01. The summed E-state index contributed by atoms with van der Waals surface area (Å²) in [4.78, 5) is 3.86. The third-order valence-corrected chi connectivity index (χ3v) is 2.37. The molecule has 0 atom stereocenters. The highest BCUT2D eigenvalue weighted by molar-refractivity contribution is 6.56. The van der Waals surface area contributed by atoms with Gasteiger partial charge in [0.25, 0.3) is 0 Å². The number of halogens is 1. The van der Waals surface area contributed by atoms with E-state index in [9.17, 15) is 0 Å². The molecular weight excluding hydrogens is 196 g/mol. The lowest BCUT2D eigenvalue weighted by Crippen LogP contribution is -2.14. The van der Waals surface area contributed by atoms with Gasteiger partial charge >= 0.3 is 0 Å². The summed E-state index contributed by atoms with van der Waals surface area (Å²) in [7, 11) is 0. The second-order valence-electron chi connectivity index (χ2n) is 3.56. The highest BCUT2D eigenvalue weighted by Gasteiger charge is 1.90. The number of nitrogens with one attached hydrogen (secondary N) is 1. The second-order valence-corrected chi connectivity index (χ2v) is 3.75. The van der Waals surface area contributed by atoms with Crippen molar-refractivity contribution in [2.24, 2.45) is 4.99 Å².